The molecule has 2 saturated heterocycles. The Hall–Kier alpha value is -1.63. The highest BCUT2D eigenvalue weighted by molar-refractivity contribution is 5.96. The number of nitrogen functional groups attached to an aromatic ring is 1. The maximum Gasteiger partial charge on any atom is 0.280 e. The zero-order chi connectivity index (χ0) is 12.5. The van der Waals surface area contributed by atoms with E-state index in [0.717, 1.165) is 19.6 Å². The van der Waals surface area contributed by atoms with Crippen LogP contribution in [0.3, 0.4) is 0 Å². The van der Waals surface area contributed by atoms with Gasteiger partial charge in [0.15, 0.2) is 0 Å². The number of likely N-dealkylation sites (tertiary alicyclic amines) is 1. The van der Waals surface area contributed by atoms with Crippen molar-refractivity contribution in [2.24, 2.45) is 5.92 Å². The van der Waals surface area contributed by atoms with Gasteiger partial charge in [-0.3, -0.25) is 4.79 Å². The van der Waals surface area contributed by atoms with Gasteiger partial charge in [0.05, 0.1) is 0 Å². The number of nitrogens with two attached hydrogens (primary N) is 1. The molecular weight excluding hydrogens is 234 g/mol. The molecule has 0 radical (unpaired) electrons. The van der Waals surface area contributed by atoms with Crippen LogP contribution in [0.2, 0.25) is 0 Å². The van der Waals surface area contributed by atoms with Gasteiger partial charge in [-0.15, -0.1) is 0 Å². The van der Waals surface area contributed by atoms with E-state index in [0.29, 0.717) is 12.0 Å². The minimum atomic E-state index is -0.177. The molecule has 0 unspecified atom stereocenters. The first kappa shape index (κ1) is 11.5. The molecule has 1 aromatic heterocycles. The number of fused-ring (bicyclic) bond motifs is 1. The Morgan fingerprint density at radius 2 is 2.28 bits per heavy atom. The van der Waals surface area contributed by atoms with Crippen LogP contribution in [0, 0.1) is 5.92 Å². The molecule has 7 nitrogen and oxygen atoms in total. The Morgan fingerprint density at radius 1 is 1.39 bits per heavy atom. The van der Waals surface area contributed by atoms with E-state index in [1.54, 1.807) is 4.90 Å². The summed E-state index contributed by atoms with van der Waals surface area (Å²) >= 11 is 0. The molecule has 3 rings (SSSR count). The van der Waals surface area contributed by atoms with Gasteiger partial charge in [-0.2, -0.15) is 0 Å². The number of amides is 1. The van der Waals surface area contributed by atoms with Crippen molar-refractivity contribution in [3.05, 3.63) is 5.69 Å². The molecule has 2 fully saturated rings. The van der Waals surface area contributed by atoms with E-state index in [1.165, 1.54) is 19.3 Å². The van der Waals surface area contributed by atoms with E-state index < -0.39 is 0 Å². The lowest BCUT2D eigenvalue weighted by Crippen LogP contribution is -2.36. The van der Waals surface area contributed by atoms with Gasteiger partial charge in [-0.25, -0.2) is 4.63 Å². The first-order valence-electron chi connectivity index (χ1n) is 6.36. The summed E-state index contributed by atoms with van der Waals surface area (Å²) in [7, 11) is 0. The molecule has 2 aliphatic heterocycles. The molecule has 3 heterocycles. The SMILES string of the molecule is Nc1nonc1C(=O)N1C[C@@H]2CCCCN[C@@H]2C1. The largest absolute Gasteiger partial charge is 0.379 e. The second-order valence-electron chi connectivity index (χ2n) is 5.02. The smallest absolute Gasteiger partial charge is 0.280 e. The lowest BCUT2D eigenvalue weighted by molar-refractivity contribution is 0.0773. The number of carbonyl (C=O) groups is 1. The summed E-state index contributed by atoms with van der Waals surface area (Å²) in [6.45, 7) is 2.52. The number of aromatic nitrogens is 2. The van der Waals surface area contributed by atoms with Gasteiger partial charge < -0.3 is 16.0 Å². The monoisotopic (exact) mass is 251 g/mol. The van der Waals surface area contributed by atoms with Crippen molar-refractivity contribution < 1.29 is 9.42 Å². The van der Waals surface area contributed by atoms with Crippen LogP contribution in [0.25, 0.3) is 0 Å². The first-order valence-corrected chi connectivity index (χ1v) is 6.36. The van der Waals surface area contributed by atoms with Crippen molar-refractivity contribution in [3.8, 4) is 0 Å². The fraction of sp³-hybridized carbons (Fsp3) is 0.727. The molecule has 2 atom stereocenters. The van der Waals surface area contributed by atoms with E-state index in [2.05, 4.69) is 20.3 Å². The number of hydrogen-bond acceptors (Lipinski definition) is 6. The number of nitrogens with zero attached hydrogens (tertiary/aromatic N) is 3. The quantitative estimate of drug-likeness (QED) is 0.721. The predicted molar refractivity (Wildman–Crippen MR) is 63.7 cm³/mol. The molecule has 7 heteroatoms. The van der Waals surface area contributed by atoms with E-state index in [9.17, 15) is 4.79 Å². The lowest BCUT2D eigenvalue weighted by Gasteiger charge is -2.15. The maximum absolute atomic E-state index is 12.2. The first-order chi connectivity index (χ1) is 8.75. The predicted octanol–water partition coefficient (Wildman–Crippen LogP) is -0.134. The summed E-state index contributed by atoms with van der Waals surface area (Å²) in [6, 6.07) is 0.400. The zero-order valence-electron chi connectivity index (χ0n) is 10.1. The van der Waals surface area contributed by atoms with Crippen LogP contribution in [0.5, 0.6) is 0 Å². The molecular formula is C11H17N5O2. The number of rotatable bonds is 1. The van der Waals surface area contributed by atoms with Crippen LogP contribution < -0.4 is 11.1 Å². The van der Waals surface area contributed by atoms with E-state index in [4.69, 9.17) is 5.73 Å². The highest BCUT2D eigenvalue weighted by Crippen LogP contribution is 2.26. The molecule has 0 aliphatic carbocycles. The van der Waals surface area contributed by atoms with Crippen LogP contribution in [0.15, 0.2) is 4.63 Å². The molecule has 0 bridgehead atoms. The van der Waals surface area contributed by atoms with Crippen LogP contribution in [0.4, 0.5) is 5.82 Å². The third-order valence-corrected chi connectivity index (χ3v) is 3.85. The Bertz CT molecular complexity index is 432. The van der Waals surface area contributed by atoms with Crippen LogP contribution >= 0.6 is 0 Å². The second-order valence-corrected chi connectivity index (χ2v) is 5.02. The zero-order valence-corrected chi connectivity index (χ0v) is 10.1. The summed E-state index contributed by atoms with van der Waals surface area (Å²) in [5, 5.41) is 10.5. The minimum absolute atomic E-state index is 0.0695. The molecule has 0 spiro atoms. The van der Waals surface area contributed by atoms with Gasteiger partial charge >= 0.3 is 0 Å². The fourth-order valence-electron chi connectivity index (χ4n) is 2.87. The van der Waals surface area contributed by atoms with Crippen molar-refractivity contribution in [1.82, 2.24) is 20.5 Å². The summed E-state index contributed by atoms with van der Waals surface area (Å²) in [5.74, 6) is 0.432. The number of carbonyl (C=O) groups excluding carboxylic acids is 1. The van der Waals surface area contributed by atoms with Crippen LogP contribution in [-0.2, 0) is 0 Å². The van der Waals surface area contributed by atoms with Crippen LogP contribution in [0.1, 0.15) is 29.8 Å². The number of nitrogens with one attached hydrogen (secondary N) is 1. The topological polar surface area (TPSA) is 97.3 Å². The van der Waals surface area contributed by atoms with Crippen molar-refractivity contribution in [3.63, 3.8) is 0 Å². The molecule has 18 heavy (non-hydrogen) atoms. The minimum Gasteiger partial charge on any atom is -0.379 e. The molecule has 3 N–H and O–H groups in total. The summed E-state index contributed by atoms with van der Waals surface area (Å²) < 4.78 is 4.48. The third-order valence-electron chi connectivity index (χ3n) is 3.85. The lowest BCUT2D eigenvalue weighted by atomic mass is 9.99. The van der Waals surface area contributed by atoms with E-state index in [1.807, 2.05) is 0 Å². The van der Waals surface area contributed by atoms with Crippen molar-refractivity contribution in [1.29, 1.82) is 0 Å². The average molecular weight is 251 g/mol. The second kappa shape index (κ2) is 4.56. The Balaban J connectivity index is 1.72. The van der Waals surface area contributed by atoms with E-state index in [-0.39, 0.29) is 17.4 Å². The van der Waals surface area contributed by atoms with Crippen molar-refractivity contribution >= 4 is 11.7 Å². The summed E-state index contributed by atoms with van der Waals surface area (Å²) in [5.41, 5.74) is 5.68. The highest BCUT2D eigenvalue weighted by atomic mass is 16.6. The van der Waals surface area contributed by atoms with Gasteiger partial charge in [0.25, 0.3) is 5.91 Å². The Morgan fingerprint density at radius 3 is 3.06 bits per heavy atom. The number of anilines is 1. The molecule has 98 valence electrons. The average Bonchev–Trinajstić information content (AvgIpc) is 2.90. The Labute approximate surface area is 105 Å². The standard InChI is InChI=1S/C11H17N5O2/c12-10-9(14-18-15-10)11(17)16-5-7-3-1-2-4-13-8(7)6-16/h7-8,13H,1-6H2,(H2,12,15)/t7-,8+/m0/s1. The van der Waals surface area contributed by atoms with Crippen molar-refractivity contribution in [2.45, 2.75) is 25.3 Å². The molecule has 2 aliphatic rings. The van der Waals surface area contributed by atoms with Crippen LogP contribution in [-0.4, -0.2) is 46.8 Å². The van der Waals surface area contributed by atoms with Gasteiger partial charge in [0.1, 0.15) is 0 Å². The molecule has 1 aromatic rings. The van der Waals surface area contributed by atoms with Gasteiger partial charge in [-0.05, 0) is 35.6 Å². The van der Waals surface area contributed by atoms with E-state index >= 15 is 0 Å². The van der Waals surface area contributed by atoms with Gasteiger partial charge in [0.2, 0.25) is 11.5 Å². The molecule has 0 aromatic carbocycles. The highest BCUT2D eigenvalue weighted by Gasteiger charge is 2.37. The van der Waals surface area contributed by atoms with Gasteiger partial charge in [-0.1, -0.05) is 6.42 Å². The molecule has 0 saturated carbocycles. The number of hydrogen-bond donors (Lipinski definition) is 2. The Kier molecular flexibility index (Phi) is 2.91. The summed E-state index contributed by atoms with van der Waals surface area (Å²) in [4.78, 5) is 14.0. The summed E-state index contributed by atoms with van der Waals surface area (Å²) in [6.07, 6.45) is 3.62. The maximum atomic E-state index is 12.2. The molecule has 1 amide bonds. The third kappa shape index (κ3) is 1.94. The normalized spacial score (nSPS) is 27.9. The van der Waals surface area contributed by atoms with Crippen molar-refractivity contribution in [2.75, 3.05) is 25.4 Å². The fourth-order valence-corrected chi connectivity index (χ4v) is 2.87. The van der Waals surface area contributed by atoms with Gasteiger partial charge in [0, 0.05) is 19.1 Å².